The molecule has 6 heterocycles. The highest BCUT2D eigenvalue weighted by molar-refractivity contribution is 6.14. The third-order valence-corrected chi connectivity index (χ3v) is 17.0. The van der Waals surface area contributed by atoms with E-state index >= 15 is 8.78 Å². The number of hydrogen-bond donors (Lipinski definition) is 0. The van der Waals surface area contributed by atoms with E-state index in [1.54, 1.807) is 6.07 Å². The zero-order valence-electron chi connectivity index (χ0n) is 48.2. The maximum Gasteiger partial charge on any atom is 0.134 e. The molecule has 16 aromatic rings. The van der Waals surface area contributed by atoms with Crippen molar-refractivity contribution in [2.75, 3.05) is 0 Å². The Bertz CT molecular complexity index is 5220. The molecule has 7 nitrogen and oxygen atoms in total. The summed E-state index contributed by atoms with van der Waals surface area (Å²) in [7, 11) is 0. The van der Waals surface area contributed by atoms with Gasteiger partial charge >= 0.3 is 0 Å². The van der Waals surface area contributed by atoms with Gasteiger partial charge in [-0.3, -0.25) is 0 Å². The van der Waals surface area contributed by atoms with Crippen LogP contribution in [0.25, 0.3) is 156 Å². The highest BCUT2D eigenvalue weighted by Crippen LogP contribution is 2.46. The van der Waals surface area contributed by atoms with E-state index in [-0.39, 0.29) is 22.4 Å². The van der Waals surface area contributed by atoms with Crippen molar-refractivity contribution >= 4 is 43.6 Å². The normalized spacial score (nSPS) is 11.4. The van der Waals surface area contributed by atoms with Crippen molar-refractivity contribution in [1.82, 2.24) is 29.1 Å². The smallest absolute Gasteiger partial charge is 0.134 e. The molecule has 0 spiro atoms. The minimum absolute atomic E-state index is 0.168. The third-order valence-electron chi connectivity index (χ3n) is 17.0. The summed E-state index contributed by atoms with van der Waals surface area (Å²) in [4.78, 5) is 20.8. The standard InChI is InChI=1S/C81H49F2N7/c82-65-26-13-27-66(83)80(65)63-44-45-75(89-76-46-55(71-32-14-28-67(85-71)51-18-5-1-6-19-51)36-40-59(76)60-41-37-56(47-77(60)89)72-33-15-29-68(86-72)52-20-7-2-8-21-52)64(50-84)81(63)90-78-48-57(73-34-16-30-69(87-73)53-22-9-3-10-23-53)38-42-61(78)62-43-39-58(49-79(62)90)74-35-17-31-70(88-74)54-24-11-4-12-25-54/h1-49H. The Kier molecular flexibility index (Phi) is 13.2. The number of pyridine rings is 4. The average molecular weight is 1160 g/mol. The summed E-state index contributed by atoms with van der Waals surface area (Å²) < 4.78 is 38.3. The van der Waals surface area contributed by atoms with Crippen molar-refractivity contribution in [3.8, 4) is 119 Å². The van der Waals surface area contributed by atoms with Gasteiger partial charge in [0.2, 0.25) is 0 Å². The number of hydrogen-bond acceptors (Lipinski definition) is 5. The quantitative estimate of drug-likeness (QED) is 0.129. The largest absolute Gasteiger partial charge is 0.308 e. The van der Waals surface area contributed by atoms with Crippen molar-refractivity contribution < 1.29 is 8.78 Å². The first-order valence-corrected chi connectivity index (χ1v) is 29.7. The molecule has 0 aliphatic heterocycles. The minimum atomic E-state index is -0.777. The molecule has 0 N–H and O–H groups in total. The van der Waals surface area contributed by atoms with E-state index in [2.05, 4.69) is 83.4 Å². The molecule has 6 aromatic heterocycles. The first kappa shape index (κ1) is 53.2. The van der Waals surface area contributed by atoms with Gasteiger partial charge in [0.15, 0.2) is 0 Å². The molecule has 0 radical (unpaired) electrons. The van der Waals surface area contributed by atoms with Gasteiger partial charge in [0.1, 0.15) is 23.3 Å². The van der Waals surface area contributed by atoms with Crippen LogP contribution in [0.15, 0.2) is 297 Å². The molecule has 90 heavy (non-hydrogen) atoms. The maximum atomic E-state index is 17.1. The van der Waals surface area contributed by atoms with Crippen LogP contribution in [0, 0.1) is 23.0 Å². The summed E-state index contributed by atoms with van der Waals surface area (Å²) in [6.07, 6.45) is 0. The van der Waals surface area contributed by atoms with Crippen molar-refractivity contribution in [3.05, 3.63) is 314 Å². The van der Waals surface area contributed by atoms with Gasteiger partial charge in [0, 0.05) is 71.6 Å². The lowest BCUT2D eigenvalue weighted by atomic mass is 9.97. The van der Waals surface area contributed by atoms with Crippen molar-refractivity contribution in [3.63, 3.8) is 0 Å². The van der Waals surface area contributed by atoms with E-state index in [9.17, 15) is 5.26 Å². The molecular weight excluding hydrogens is 1110 g/mol. The Morgan fingerprint density at radius 2 is 0.567 bits per heavy atom. The Balaban J connectivity index is 1.00. The Morgan fingerprint density at radius 3 is 0.878 bits per heavy atom. The monoisotopic (exact) mass is 1160 g/mol. The van der Waals surface area contributed by atoms with Crippen molar-refractivity contribution in [2.45, 2.75) is 0 Å². The fourth-order valence-electron chi connectivity index (χ4n) is 12.7. The van der Waals surface area contributed by atoms with Crippen LogP contribution in [0.1, 0.15) is 5.56 Å². The molecule has 0 bridgehead atoms. The molecule has 0 unspecified atom stereocenters. The topological polar surface area (TPSA) is 85.2 Å². The summed E-state index contributed by atoms with van der Waals surface area (Å²) in [6.45, 7) is 0. The summed E-state index contributed by atoms with van der Waals surface area (Å²) >= 11 is 0. The lowest BCUT2D eigenvalue weighted by molar-refractivity contribution is 0.589. The van der Waals surface area contributed by atoms with Gasteiger partial charge in [-0.1, -0.05) is 200 Å². The van der Waals surface area contributed by atoms with Crippen LogP contribution in [-0.2, 0) is 0 Å². The second-order valence-electron chi connectivity index (χ2n) is 22.3. The fourth-order valence-corrected chi connectivity index (χ4v) is 12.7. The van der Waals surface area contributed by atoms with E-state index in [1.807, 2.05) is 205 Å². The number of rotatable bonds is 11. The number of fused-ring (bicyclic) bond motifs is 6. The summed E-state index contributed by atoms with van der Waals surface area (Å²) in [5, 5.41) is 15.9. The molecule has 0 aliphatic carbocycles. The van der Waals surface area contributed by atoms with E-state index in [0.29, 0.717) is 16.7 Å². The van der Waals surface area contributed by atoms with E-state index in [1.165, 1.54) is 18.2 Å². The van der Waals surface area contributed by atoms with Crippen molar-refractivity contribution in [2.24, 2.45) is 0 Å². The van der Waals surface area contributed by atoms with Crippen LogP contribution in [0.3, 0.4) is 0 Å². The first-order valence-electron chi connectivity index (χ1n) is 29.7. The highest BCUT2D eigenvalue weighted by Gasteiger charge is 2.28. The average Bonchev–Trinajstić information content (AvgIpc) is 1.54. The van der Waals surface area contributed by atoms with Crippen LogP contribution in [0.5, 0.6) is 0 Å². The van der Waals surface area contributed by atoms with Crippen LogP contribution in [0.2, 0.25) is 0 Å². The number of benzene rings is 10. The molecule has 10 aromatic carbocycles. The number of aromatic nitrogens is 6. The molecule has 0 atom stereocenters. The van der Waals surface area contributed by atoms with Gasteiger partial charge in [0.25, 0.3) is 0 Å². The molecule has 0 fully saturated rings. The van der Waals surface area contributed by atoms with Gasteiger partial charge in [-0.05, 0) is 97.1 Å². The van der Waals surface area contributed by atoms with E-state index in [0.717, 1.165) is 123 Å². The zero-order valence-corrected chi connectivity index (χ0v) is 48.2. The molecular formula is C81H49F2N7. The van der Waals surface area contributed by atoms with E-state index < -0.39 is 11.6 Å². The van der Waals surface area contributed by atoms with Crippen molar-refractivity contribution in [1.29, 1.82) is 5.26 Å². The Hall–Kier alpha value is -12.3. The summed E-state index contributed by atoms with van der Waals surface area (Å²) in [6, 6.07) is 99.5. The van der Waals surface area contributed by atoms with Crippen LogP contribution in [-0.4, -0.2) is 29.1 Å². The molecule has 0 saturated heterocycles. The number of nitrogens with zero attached hydrogens (tertiary/aromatic N) is 7. The highest BCUT2D eigenvalue weighted by atomic mass is 19.1. The SMILES string of the molecule is N#Cc1c(-n2c3cc(-c4cccc(-c5ccccc5)n4)ccc3c3ccc(-c4cccc(-c5ccccc5)n4)cc32)ccc(-c2c(F)cccc2F)c1-n1c2cc(-c3cccc(-c4ccccc4)n3)ccc2c2ccc(-c3cccc(-c4ccccc4)n3)cc21. The van der Waals surface area contributed by atoms with Gasteiger partial charge in [0.05, 0.1) is 84.6 Å². The second-order valence-corrected chi connectivity index (χ2v) is 22.3. The predicted molar refractivity (Wildman–Crippen MR) is 360 cm³/mol. The predicted octanol–water partition coefficient (Wildman–Crippen LogP) is 20.6. The fraction of sp³-hybridized carbons (Fsp3) is 0. The molecule has 16 rings (SSSR count). The Morgan fingerprint density at radius 1 is 0.278 bits per heavy atom. The number of nitriles is 1. The number of halogens is 2. The zero-order chi connectivity index (χ0) is 60.2. The van der Waals surface area contributed by atoms with E-state index in [4.69, 9.17) is 19.9 Å². The van der Waals surface area contributed by atoms with Gasteiger partial charge in [-0.2, -0.15) is 5.26 Å². The second kappa shape index (κ2) is 22.2. The first-order chi connectivity index (χ1) is 44.4. The molecule has 0 aliphatic rings. The third kappa shape index (κ3) is 9.35. The lowest BCUT2D eigenvalue weighted by Crippen LogP contribution is -2.08. The van der Waals surface area contributed by atoms with Gasteiger partial charge in [-0.25, -0.2) is 28.7 Å². The molecule has 9 heteroatoms. The van der Waals surface area contributed by atoms with Gasteiger partial charge in [-0.15, -0.1) is 0 Å². The molecule has 422 valence electrons. The summed E-state index contributed by atoms with van der Waals surface area (Å²) in [5.74, 6) is -1.55. The lowest BCUT2D eigenvalue weighted by Gasteiger charge is -2.21. The van der Waals surface area contributed by atoms with Gasteiger partial charge < -0.3 is 9.13 Å². The molecule has 0 saturated carbocycles. The summed E-state index contributed by atoms with van der Waals surface area (Å²) in [5.41, 5.74) is 17.2. The Labute approximate surface area is 517 Å². The molecule has 0 amide bonds. The van der Waals surface area contributed by atoms with Crippen LogP contribution in [0.4, 0.5) is 8.78 Å². The maximum absolute atomic E-state index is 17.1. The van der Waals surface area contributed by atoms with Crippen LogP contribution < -0.4 is 0 Å². The minimum Gasteiger partial charge on any atom is -0.308 e. The van der Waals surface area contributed by atoms with Crippen LogP contribution >= 0.6 is 0 Å².